The molecule has 1 amide bonds. The van der Waals surface area contributed by atoms with E-state index in [-0.39, 0.29) is 5.91 Å². The van der Waals surface area contributed by atoms with E-state index in [0.717, 1.165) is 17.8 Å². The molecular weight excluding hydrogens is 248 g/mol. The summed E-state index contributed by atoms with van der Waals surface area (Å²) in [5, 5.41) is 0. The molecule has 0 radical (unpaired) electrons. The van der Waals surface area contributed by atoms with Crippen molar-refractivity contribution in [3.63, 3.8) is 0 Å². The number of fused-ring (bicyclic) bond motifs is 1. The lowest BCUT2D eigenvalue weighted by Crippen LogP contribution is -2.20. The fourth-order valence-electron chi connectivity index (χ4n) is 2.34. The summed E-state index contributed by atoms with van der Waals surface area (Å²) >= 11 is 0. The SMILES string of the molecule is CN1C=CN(Cc2ccccc2)c2ccccc2C1=O. The molecule has 3 nitrogen and oxygen atoms in total. The third kappa shape index (κ3) is 2.30. The first-order valence-corrected chi connectivity index (χ1v) is 6.61. The molecule has 20 heavy (non-hydrogen) atoms. The highest BCUT2D eigenvalue weighted by Crippen LogP contribution is 2.26. The maximum absolute atomic E-state index is 12.3. The van der Waals surface area contributed by atoms with Crippen LogP contribution in [0.4, 0.5) is 5.69 Å². The van der Waals surface area contributed by atoms with E-state index in [2.05, 4.69) is 17.0 Å². The number of nitrogens with zero attached hydrogens (tertiary/aromatic N) is 2. The Labute approximate surface area is 118 Å². The van der Waals surface area contributed by atoms with Gasteiger partial charge in [-0.1, -0.05) is 42.5 Å². The van der Waals surface area contributed by atoms with E-state index in [1.54, 1.807) is 11.9 Å². The highest BCUT2D eigenvalue weighted by Gasteiger charge is 2.20. The second-order valence-electron chi connectivity index (χ2n) is 4.84. The topological polar surface area (TPSA) is 23.6 Å². The molecule has 0 atom stereocenters. The van der Waals surface area contributed by atoms with Crippen LogP contribution in [-0.4, -0.2) is 17.9 Å². The summed E-state index contributed by atoms with van der Waals surface area (Å²) < 4.78 is 0. The van der Waals surface area contributed by atoms with Crippen molar-refractivity contribution in [2.45, 2.75) is 6.54 Å². The Morgan fingerprint density at radius 3 is 2.40 bits per heavy atom. The number of anilines is 1. The Hall–Kier alpha value is -2.55. The first kappa shape index (κ1) is 12.5. The summed E-state index contributed by atoms with van der Waals surface area (Å²) in [5.74, 6) is 0.0208. The van der Waals surface area contributed by atoms with Crippen LogP contribution in [-0.2, 0) is 6.54 Å². The number of rotatable bonds is 2. The van der Waals surface area contributed by atoms with Crippen LogP contribution in [0.3, 0.4) is 0 Å². The Morgan fingerprint density at radius 2 is 1.60 bits per heavy atom. The zero-order valence-electron chi connectivity index (χ0n) is 11.4. The summed E-state index contributed by atoms with van der Waals surface area (Å²) in [4.78, 5) is 16.0. The number of para-hydroxylation sites is 1. The van der Waals surface area contributed by atoms with E-state index in [1.165, 1.54) is 5.56 Å². The second-order valence-corrected chi connectivity index (χ2v) is 4.84. The molecule has 0 fully saturated rings. The smallest absolute Gasteiger partial charge is 0.259 e. The number of carbonyl (C=O) groups is 1. The van der Waals surface area contributed by atoms with Gasteiger partial charge in [-0.2, -0.15) is 0 Å². The maximum atomic E-state index is 12.3. The van der Waals surface area contributed by atoms with E-state index in [9.17, 15) is 4.79 Å². The van der Waals surface area contributed by atoms with Gasteiger partial charge in [0.1, 0.15) is 0 Å². The van der Waals surface area contributed by atoms with Gasteiger partial charge in [-0.15, -0.1) is 0 Å². The zero-order chi connectivity index (χ0) is 13.9. The van der Waals surface area contributed by atoms with Gasteiger partial charge in [0.15, 0.2) is 0 Å². The van der Waals surface area contributed by atoms with Crippen LogP contribution in [0.2, 0.25) is 0 Å². The molecule has 1 aliphatic rings. The summed E-state index contributed by atoms with van der Waals surface area (Å²) in [6, 6.07) is 18.0. The predicted octanol–water partition coefficient (Wildman–Crippen LogP) is 3.25. The van der Waals surface area contributed by atoms with Gasteiger partial charge in [0, 0.05) is 26.0 Å². The average Bonchev–Trinajstić information content (AvgIpc) is 2.61. The molecule has 0 spiro atoms. The van der Waals surface area contributed by atoms with E-state index >= 15 is 0 Å². The molecule has 0 saturated carbocycles. The largest absolute Gasteiger partial charge is 0.341 e. The Kier molecular flexibility index (Phi) is 3.25. The molecule has 1 heterocycles. The zero-order valence-corrected chi connectivity index (χ0v) is 11.4. The van der Waals surface area contributed by atoms with Crippen LogP contribution < -0.4 is 4.90 Å². The maximum Gasteiger partial charge on any atom is 0.259 e. The molecule has 0 aliphatic carbocycles. The van der Waals surface area contributed by atoms with Crippen molar-refractivity contribution in [2.24, 2.45) is 0 Å². The molecule has 0 N–H and O–H groups in total. The number of benzene rings is 2. The van der Waals surface area contributed by atoms with Crippen LogP contribution in [0.5, 0.6) is 0 Å². The van der Waals surface area contributed by atoms with Crippen LogP contribution in [0.1, 0.15) is 15.9 Å². The fraction of sp³-hybridized carbons (Fsp3) is 0.118. The Balaban J connectivity index is 2.00. The van der Waals surface area contributed by atoms with E-state index in [0.29, 0.717) is 0 Å². The average molecular weight is 264 g/mol. The molecule has 0 aromatic heterocycles. The molecular formula is C17H16N2O. The Morgan fingerprint density at radius 1 is 0.900 bits per heavy atom. The molecule has 3 rings (SSSR count). The van der Waals surface area contributed by atoms with Crippen molar-refractivity contribution < 1.29 is 4.79 Å². The lowest BCUT2D eigenvalue weighted by Gasteiger charge is -2.21. The minimum atomic E-state index is 0.0208. The monoisotopic (exact) mass is 264 g/mol. The lowest BCUT2D eigenvalue weighted by molar-refractivity contribution is 0.0852. The van der Waals surface area contributed by atoms with Crippen LogP contribution in [0.15, 0.2) is 67.0 Å². The summed E-state index contributed by atoms with van der Waals surface area (Å²) in [5.41, 5.74) is 2.89. The molecule has 2 aromatic rings. The predicted molar refractivity (Wildman–Crippen MR) is 80.3 cm³/mol. The van der Waals surface area contributed by atoms with Crippen molar-refractivity contribution in [1.29, 1.82) is 0 Å². The first-order valence-electron chi connectivity index (χ1n) is 6.61. The van der Waals surface area contributed by atoms with Gasteiger partial charge in [-0.05, 0) is 17.7 Å². The number of hydrogen-bond donors (Lipinski definition) is 0. The van der Waals surface area contributed by atoms with Gasteiger partial charge in [0.2, 0.25) is 0 Å². The van der Waals surface area contributed by atoms with Gasteiger partial charge in [-0.3, -0.25) is 4.79 Å². The first-order chi connectivity index (χ1) is 9.75. The van der Waals surface area contributed by atoms with Gasteiger partial charge in [0.25, 0.3) is 5.91 Å². The summed E-state index contributed by atoms with van der Waals surface area (Å²) in [6.45, 7) is 0.746. The lowest BCUT2D eigenvalue weighted by atomic mass is 10.1. The third-order valence-corrected chi connectivity index (χ3v) is 3.43. The number of carbonyl (C=O) groups excluding carboxylic acids is 1. The second kappa shape index (κ2) is 5.21. The minimum Gasteiger partial charge on any atom is -0.341 e. The fourth-order valence-corrected chi connectivity index (χ4v) is 2.34. The van der Waals surface area contributed by atoms with Crippen LogP contribution in [0, 0.1) is 0 Å². The standard InChI is InChI=1S/C17H16N2O/c1-18-11-12-19(13-14-7-3-2-4-8-14)16-10-6-5-9-15(16)17(18)20/h2-12H,13H2,1H3. The molecule has 3 heteroatoms. The van der Waals surface area contributed by atoms with Crippen molar-refractivity contribution in [3.05, 3.63) is 78.1 Å². The van der Waals surface area contributed by atoms with Crippen LogP contribution >= 0.6 is 0 Å². The van der Waals surface area contributed by atoms with Gasteiger partial charge in [-0.25, -0.2) is 0 Å². The minimum absolute atomic E-state index is 0.0208. The van der Waals surface area contributed by atoms with Crippen LogP contribution in [0.25, 0.3) is 0 Å². The van der Waals surface area contributed by atoms with Crippen molar-refractivity contribution in [1.82, 2.24) is 4.90 Å². The molecule has 0 unspecified atom stereocenters. The molecule has 1 aliphatic heterocycles. The van der Waals surface area contributed by atoms with Crippen molar-refractivity contribution >= 4 is 11.6 Å². The number of amides is 1. The van der Waals surface area contributed by atoms with E-state index < -0.39 is 0 Å². The number of hydrogen-bond acceptors (Lipinski definition) is 2. The molecule has 100 valence electrons. The highest BCUT2D eigenvalue weighted by atomic mass is 16.2. The summed E-state index contributed by atoms with van der Waals surface area (Å²) in [7, 11) is 1.78. The molecule has 2 aromatic carbocycles. The van der Waals surface area contributed by atoms with E-state index in [4.69, 9.17) is 0 Å². The van der Waals surface area contributed by atoms with Gasteiger partial charge < -0.3 is 9.80 Å². The van der Waals surface area contributed by atoms with E-state index in [1.807, 2.05) is 54.9 Å². The van der Waals surface area contributed by atoms with Gasteiger partial charge >= 0.3 is 0 Å². The third-order valence-electron chi connectivity index (χ3n) is 3.43. The highest BCUT2D eigenvalue weighted by molar-refractivity contribution is 6.01. The van der Waals surface area contributed by atoms with Gasteiger partial charge in [0.05, 0.1) is 11.3 Å². The molecule has 0 saturated heterocycles. The van der Waals surface area contributed by atoms with Crippen molar-refractivity contribution in [2.75, 3.05) is 11.9 Å². The molecule has 0 bridgehead atoms. The Bertz CT molecular complexity index is 649. The normalized spacial score (nSPS) is 14.2. The summed E-state index contributed by atoms with van der Waals surface area (Å²) in [6.07, 6.45) is 3.77. The quantitative estimate of drug-likeness (QED) is 0.831. The van der Waals surface area contributed by atoms with Crippen molar-refractivity contribution in [3.8, 4) is 0 Å².